The van der Waals surface area contributed by atoms with Crippen molar-refractivity contribution in [2.75, 3.05) is 26.9 Å². The molecule has 0 aliphatic carbocycles. The monoisotopic (exact) mass is 145 g/mol. The highest BCUT2D eigenvalue weighted by Gasteiger charge is 2.42. The van der Waals surface area contributed by atoms with Gasteiger partial charge in [0.25, 0.3) is 0 Å². The Morgan fingerprint density at radius 2 is 2.30 bits per heavy atom. The molecule has 0 amide bonds. The second-order valence-corrected chi connectivity index (χ2v) is 3.02. The molecule has 1 saturated heterocycles. The molecule has 0 spiro atoms. The van der Waals surface area contributed by atoms with E-state index in [1.807, 2.05) is 7.05 Å². The number of nitrogens with one attached hydrogen (secondary N) is 1. The third-order valence-corrected chi connectivity index (χ3v) is 2.45. The third-order valence-electron chi connectivity index (χ3n) is 2.45. The van der Waals surface area contributed by atoms with Gasteiger partial charge in [-0.3, -0.25) is 0 Å². The molecule has 0 aromatic carbocycles. The first-order valence-electron chi connectivity index (χ1n) is 3.61. The van der Waals surface area contributed by atoms with Crippen LogP contribution in [-0.2, 0) is 4.74 Å². The van der Waals surface area contributed by atoms with Crippen LogP contribution in [0.2, 0.25) is 0 Å². The molecule has 1 heterocycles. The summed E-state index contributed by atoms with van der Waals surface area (Å²) in [5, 5.41) is 12.1. The highest BCUT2D eigenvalue weighted by molar-refractivity contribution is 4.92. The van der Waals surface area contributed by atoms with Crippen molar-refractivity contribution in [2.45, 2.75) is 13.0 Å². The van der Waals surface area contributed by atoms with Gasteiger partial charge in [0.15, 0.2) is 0 Å². The van der Waals surface area contributed by atoms with Crippen molar-refractivity contribution < 1.29 is 9.84 Å². The number of hydrogen-bond donors (Lipinski definition) is 2. The fraction of sp³-hybridized carbons (Fsp3) is 1.00. The lowest BCUT2D eigenvalue weighted by atomic mass is 9.80. The van der Waals surface area contributed by atoms with E-state index < -0.39 is 0 Å². The lowest BCUT2D eigenvalue weighted by Crippen LogP contribution is -2.57. The van der Waals surface area contributed by atoms with E-state index in [9.17, 15) is 0 Å². The summed E-state index contributed by atoms with van der Waals surface area (Å²) in [5.41, 5.74) is -0.00521. The van der Waals surface area contributed by atoms with Crippen LogP contribution in [0, 0.1) is 5.41 Å². The van der Waals surface area contributed by atoms with Gasteiger partial charge in [-0.15, -0.1) is 0 Å². The summed E-state index contributed by atoms with van der Waals surface area (Å²) in [4.78, 5) is 0. The van der Waals surface area contributed by atoms with Crippen LogP contribution >= 0.6 is 0 Å². The van der Waals surface area contributed by atoms with E-state index >= 15 is 0 Å². The summed E-state index contributed by atoms with van der Waals surface area (Å²) < 4.78 is 5.05. The standard InChI is InChI=1S/C7H15NO2/c1-6(8-2)7(3-9)4-10-5-7/h6,8-9H,3-5H2,1-2H3. The molecule has 0 radical (unpaired) electrons. The number of rotatable bonds is 3. The quantitative estimate of drug-likeness (QED) is 0.568. The Morgan fingerprint density at radius 1 is 1.70 bits per heavy atom. The van der Waals surface area contributed by atoms with Gasteiger partial charge in [0.05, 0.1) is 25.2 Å². The Kier molecular flexibility index (Phi) is 2.28. The second kappa shape index (κ2) is 2.86. The van der Waals surface area contributed by atoms with Crippen LogP contribution in [0.5, 0.6) is 0 Å². The van der Waals surface area contributed by atoms with Crippen molar-refractivity contribution in [1.29, 1.82) is 0 Å². The molecule has 10 heavy (non-hydrogen) atoms. The molecule has 1 unspecified atom stereocenters. The first-order chi connectivity index (χ1) is 4.75. The molecular weight excluding hydrogens is 130 g/mol. The van der Waals surface area contributed by atoms with Crippen molar-refractivity contribution in [3.8, 4) is 0 Å². The minimum atomic E-state index is -0.00521. The maximum Gasteiger partial charge on any atom is 0.0582 e. The van der Waals surface area contributed by atoms with E-state index in [0.717, 1.165) is 0 Å². The largest absolute Gasteiger partial charge is 0.396 e. The van der Waals surface area contributed by atoms with Crippen LogP contribution in [0.15, 0.2) is 0 Å². The Balaban J connectivity index is 2.46. The van der Waals surface area contributed by atoms with Crippen molar-refractivity contribution in [3.63, 3.8) is 0 Å². The van der Waals surface area contributed by atoms with Crippen molar-refractivity contribution in [2.24, 2.45) is 5.41 Å². The van der Waals surface area contributed by atoms with Crippen LogP contribution in [0.1, 0.15) is 6.92 Å². The molecule has 1 aliphatic rings. The van der Waals surface area contributed by atoms with Gasteiger partial charge in [-0.05, 0) is 14.0 Å². The van der Waals surface area contributed by atoms with Gasteiger partial charge in [-0.25, -0.2) is 0 Å². The first-order valence-corrected chi connectivity index (χ1v) is 3.61. The van der Waals surface area contributed by atoms with Crippen molar-refractivity contribution in [3.05, 3.63) is 0 Å². The predicted molar refractivity (Wildman–Crippen MR) is 38.9 cm³/mol. The summed E-state index contributed by atoms with van der Waals surface area (Å²) >= 11 is 0. The summed E-state index contributed by atoms with van der Waals surface area (Å²) in [6.45, 7) is 3.66. The van der Waals surface area contributed by atoms with Crippen LogP contribution < -0.4 is 5.32 Å². The van der Waals surface area contributed by atoms with Crippen molar-refractivity contribution in [1.82, 2.24) is 5.32 Å². The number of aliphatic hydroxyl groups excluding tert-OH is 1. The number of ether oxygens (including phenoxy) is 1. The Labute approximate surface area is 61.4 Å². The molecule has 60 valence electrons. The fourth-order valence-corrected chi connectivity index (χ4v) is 1.15. The maximum absolute atomic E-state index is 9.02. The topological polar surface area (TPSA) is 41.5 Å². The van der Waals surface area contributed by atoms with Gasteiger partial charge in [0, 0.05) is 6.04 Å². The molecule has 1 atom stereocenters. The second-order valence-electron chi connectivity index (χ2n) is 3.02. The molecule has 1 fully saturated rings. The zero-order valence-corrected chi connectivity index (χ0v) is 6.55. The summed E-state index contributed by atoms with van der Waals surface area (Å²) in [5.74, 6) is 0. The van der Waals surface area contributed by atoms with Crippen LogP contribution in [0.25, 0.3) is 0 Å². The molecular formula is C7H15NO2. The molecule has 0 aromatic heterocycles. The average Bonchev–Trinajstić information content (AvgIpc) is 1.86. The predicted octanol–water partition coefficient (Wildman–Crippen LogP) is -0.397. The normalized spacial score (nSPS) is 25.5. The summed E-state index contributed by atoms with van der Waals surface area (Å²) in [6, 6.07) is 0.339. The van der Waals surface area contributed by atoms with E-state index in [1.165, 1.54) is 0 Å². The van der Waals surface area contributed by atoms with Crippen molar-refractivity contribution >= 4 is 0 Å². The van der Waals surface area contributed by atoms with Gasteiger partial charge in [-0.1, -0.05) is 0 Å². The van der Waals surface area contributed by atoms with E-state index in [2.05, 4.69) is 12.2 Å². The van der Waals surface area contributed by atoms with Gasteiger partial charge >= 0.3 is 0 Å². The van der Waals surface area contributed by atoms with Gasteiger partial charge in [-0.2, -0.15) is 0 Å². The molecule has 0 saturated carbocycles. The summed E-state index contributed by atoms with van der Waals surface area (Å²) in [7, 11) is 1.90. The van der Waals surface area contributed by atoms with E-state index in [-0.39, 0.29) is 12.0 Å². The highest BCUT2D eigenvalue weighted by atomic mass is 16.5. The smallest absolute Gasteiger partial charge is 0.0582 e. The summed E-state index contributed by atoms with van der Waals surface area (Å²) in [6.07, 6.45) is 0. The van der Waals surface area contributed by atoms with Crippen LogP contribution in [0.4, 0.5) is 0 Å². The maximum atomic E-state index is 9.02. The molecule has 0 aromatic rings. The van der Waals surface area contributed by atoms with E-state index in [4.69, 9.17) is 9.84 Å². The van der Waals surface area contributed by atoms with E-state index in [1.54, 1.807) is 0 Å². The molecule has 3 heteroatoms. The minimum absolute atomic E-state index is 0.00521. The first kappa shape index (κ1) is 7.98. The Hall–Kier alpha value is -0.120. The molecule has 1 aliphatic heterocycles. The van der Waals surface area contributed by atoms with Gasteiger partial charge in [0.1, 0.15) is 0 Å². The zero-order valence-electron chi connectivity index (χ0n) is 6.55. The molecule has 1 rings (SSSR count). The lowest BCUT2D eigenvalue weighted by molar-refractivity contribution is -0.151. The van der Waals surface area contributed by atoms with E-state index in [0.29, 0.717) is 19.3 Å². The Bertz CT molecular complexity index is 107. The SMILES string of the molecule is CNC(C)C1(CO)COC1. The minimum Gasteiger partial charge on any atom is -0.396 e. The molecule has 2 N–H and O–H groups in total. The Morgan fingerprint density at radius 3 is 2.40 bits per heavy atom. The number of hydrogen-bond acceptors (Lipinski definition) is 3. The van der Waals surface area contributed by atoms with Gasteiger partial charge in [0.2, 0.25) is 0 Å². The fourth-order valence-electron chi connectivity index (χ4n) is 1.15. The third kappa shape index (κ3) is 1.05. The molecule has 0 bridgehead atoms. The lowest BCUT2D eigenvalue weighted by Gasteiger charge is -2.44. The number of aliphatic hydroxyl groups is 1. The van der Waals surface area contributed by atoms with Crippen LogP contribution in [-0.4, -0.2) is 38.0 Å². The van der Waals surface area contributed by atoms with Gasteiger partial charge < -0.3 is 15.2 Å². The van der Waals surface area contributed by atoms with Crippen LogP contribution in [0.3, 0.4) is 0 Å². The zero-order chi connectivity index (χ0) is 7.61. The molecule has 3 nitrogen and oxygen atoms in total. The average molecular weight is 145 g/mol. The highest BCUT2D eigenvalue weighted by Crippen LogP contribution is 2.30.